The summed E-state index contributed by atoms with van der Waals surface area (Å²) in [6.07, 6.45) is 3.31. The first-order chi connectivity index (χ1) is 10.5. The molecule has 0 aliphatic heterocycles. The molecule has 0 spiro atoms. The molecule has 1 N–H and O–H groups in total. The second kappa shape index (κ2) is 7.17. The summed E-state index contributed by atoms with van der Waals surface area (Å²) in [5, 5.41) is 7.51. The van der Waals surface area contributed by atoms with Gasteiger partial charge in [0.2, 0.25) is 16.0 Å². The van der Waals surface area contributed by atoms with Gasteiger partial charge in [0.05, 0.1) is 6.54 Å². The minimum Gasteiger partial charge on any atom is -0.351 e. The predicted molar refractivity (Wildman–Crippen MR) is 87.6 cm³/mol. The summed E-state index contributed by atoms with van der Waals surface area (Å²) in [5.41, 5.74) is 0.578. The van der Waals surface area contributed by atoms with Crippen molar-refractivity contribution in [2.45, 2.75) is 19.8 Å². The number of amides is 1. The Morgan fingerprint density at radius 3 is 3.05 bits per heavy atom. The van der Waals surface area contributed by atoms with Crippen molar-refractivity contribution in [3.8, 4) is 0 Å². The van der Waals surface area contributed by atoms with Gasteiger partial charge in [-0.1, -0.05) is 30.8 Å². The van der Waals surface area contributed by atoms with Crippen molar-refractivity contribution < 1.29 is 4.79 Å². The molecular formula is C14H19N5O2S. The van der Waals surface area contributed by atoms with E-state index in [9.17, 15) is 9.59 Å². The molecule has 0 bridgehead atoms. The van der Waals surface area contributed by atoms with Crippen LogP contribution in [0.1, 0.15) is 19.0 Å². The van der Waals surface area contributed by atoms with Gasteiger partial charge in [0, 0.05) is 25.4 Å². The number of likely N-dealkylation sites (N-methyl/N-ethyl adjacent to an activating group) is 1. The van der Waals surface area contributed by atoms with Crippen LogP contribution in [-0.4, -0.2) is 40.6 Å². The largest absolute Gasteiger partial charge is 0.351 e. The Labute approximate surface area is 132 Å². The number of nitrogens with zero attached hydrogens (tertiary/aromatic N) is 4. The summed E-state index contributed by atoms with van der Waals surface area (Å²) < 4.78 is 1.28. The van der Waals surface area contributed by atoms with E-state index in [2.05, 4.69) is 22.0 Å². The molecule has 0 unspecified atom stereocenters. The topological polar surface area (TPSA) is 79.6 Å². The number of carbonyl (C=O) groups excluding carboxylic acids is 1. The SMILES string of the molecule is C=CCNC(=O)CN(C)c1nn2c(=O)cc(CCC)nc2s1. The maximum atomic E-state index is 12.0. The number of fused-ring (bicyclic) bond motifs is 1. The Morgan fingerprint density at radius 2 is 2.36 bits per heavy atom. The van der Waals surface area contributed by atoms with Crippen LogP contribution in [0.15, 0.2) is 23.5 Å². The molecular weight excluding hydrogens is 302 g/mol. The fourth-order valence-corrected chi connectivity index (χ4v) is 2.80. The van der Waals surface area contributed by atoms with Gasteiger partial charge in [-0.2, -0.15) is 4.52 Å². The van der Waals surface area contributed by atoms with Crippen molar-refractivity contribution in [2.75, 3.05) is 25.0 Å². The normalized spacial score (nSPS) is 10.6. The van der Waals surface area contributed by atoms with Crippen LogP contribution in [0.2, 0.25) is 0 Å². The van der Waals surface area contributed by atoms with Crippen molar-refractivity contribution >= 4 is 27.3 Å². The predicted octanol–water partition coefficient (Wildman–Crippen LogP) is 0.842. The molecule has 0 aliphatic rings. The van der Waals surface area contributed by atoms with E-state index in [0.717, 1.165) is 18.5 Å². The molecule has 0 fully saturated rings. The van der Waals surface area contributed by atoms with E-state index in [1.165, 1.54) is 21.9 Å². The molecule has 118 valence electrons. The minimum atomic E-state index is -0.194. The molecule has 0 saturated heterocycles. The summed E-state index contributed by atoms with van der Waals surface area (Å²) in [5.74, 6) is -0.131. The van der Waals surface area contributed by atoms with E-state index in [1.807, 2.05) is 6.92 Å². The van der Waals surface area contributed by atoms with Gasteiger partial charge >= 0.3 is 0 Å². The first kappa shape index (κ1) is 16.2. The second-order valence-corrected chi connectivity index (χ2v) is 5.80. The Balaban J connectivity index is 2.21. The van der Waals surface area contributed by atoms with Crippen LogP contribution in [-0.2, 0) is 11.2 Å². The molecule has 2 rings (SSSR count). The second-order valence-electron chi connectivity index (χ2n) is 4.86. The number of nitrogens with one attached hydrogen (secondary N) is 1. The van der Waals surface area contributed by atoms with Crippen LogP contribution in [0.25, 0.3) is 4.96 Å². The molecule has 0 radical (unpaired) electrons. The van der Waals surface area contributed by atoms with Gasteiger partial charge < -0.3 is 10.2 Å². The molecule has 0 aliphatic carbocycles. The quantitative estimate of drug-likeness (QED) is 0.765. The van der Waals surface area contributed by atoms with Crippen LogP contribution in [0, 0.1) is 0 Å². The van der Waals surface area contributed by atoms with Crippen molar-refractivity contribution in [1.82, 2.24) is 19.9 Å². The Hall–Kier alpha value is -2.22. The molecule has 2 heterocycles. The zero-order chi connectivity index (χ0) is 16.1. The molecule has 0 aromatic carbocycles. The Morgan fingerprint density at radius 1 is 1.59 bits per heavy atom. The van der Waals surface area contributed by atoms with Gasteiger partial charge in [0.15, 0.2) is 0 Å². The molecule has 2 aromatic heterocycles. The first-order valence-electron chi connectivity index (χ1n) is 7.03. The lowest BCUT2D eigenvalue weighted by Crippen LogP contribution is -2.35. The highest BCUT2D eigenvalue weighted by Crippen LogP contribution is 2.20. The van der Waals surface area contributed by atoms with E-state index in [1.54, 1.807) is 18.0 Å². The number of anilines is 1. The number of hydrogen-bond acceptors (Lipinski definition) is 6. The van der Waals surface area contributed by atoms with E-state index in [0.29, 0.717) is 16.6 Å². The first-order valence-corrected chi connectivity index (χ1v) is 7.85. The number of rotatable bonds is 7. The number of aromatic nitrogens is 3. The van der Waals surface area contributed by atoms with E-state index in [-0.39, 0.29) is 18.0 Å². The standard InChI is InChI=1S/C14H19N5O2S/c1-4-6-10-8-12(21)19-13(16-10)22-14(17-19)18(3)9-11(20)15-7-5-2/h5,8H,2,4,6-7,9H2,1,3H3,(H,15,20). The minimum absolute atomic E-state index is 0.131. The lowest BCUT2D eigenvalue weighted by Gasteiger charge is -2.13. The van der Waals surface area contributed by atoms with Gasteiger partial charge in [-0.05, 0) is 6.42 Å². The average Bonchev–Trinajstić information content (AvgIpc) is 2.90. The summed E-state index contributed by atoms with van der Waals surface area (Å²) in [4.78, 5) is 30.4. The van der Waals surface area contributed by atoms with Gasteiger partial charge in [-0.25, -0.2) is 4.98 Å². The Kier molecular flexibility index (Phi) is 5.26. The number of carbonyl (C=O) groups is 1. The Bertz CT molecular complexity index is 736. The molecule has 22 heavy (non-hydrogen) atoms. The highest BCUT2D eigenvalue weighted by atomic mass is 32.1. The third kappa shape index (κ3) is 3.70. The average molecular weight is 321 g/mol. The lowest BCUT2D eigenvalue weighted by molar-refractivity contribution is -0.119. The van der Waals surface area contributed by atoms with E-state index in [4.69, 9.17) is 0 Å². The highest BCUT2D eigenvalue weighted by molar-refractivity contribution is 7.20. The third-order valence-corrected chi connectivity index (χ3v) is 3.97. The van der Waals surface area contributed by atoms with E-state index < -0.39 is 0 Å². The summed E-state index contributed by atoms with van der Waals surface area (Å²) in [7, 11) is 1.75. The maximum Gasteiger partial charge on any atom is 0.275 e. The van der Waals surface area contributed by atoms with Crippen LogP contribution in [0.5, 0.6) is 0 Å². The molecule has 2 aromatic rings. The van der Waals surface area contributed by atoms with Crippen molar-refractivity contribution in [2.24, 2.45) is 0 Å². The highest BCUT2D eigenvalue weighted by Gasteiger charge is 2.14. The van der Waals surface area contributed by atoms with Crippen molar-refractivity contribution in [3.05, 3.63) is 34.8 Å². The van der Waals surface area contributed by atoms with E-state index >= 15 is 0 Å². The third-order valence-electron chi connectivity index (χ3n) is 2.94. The zero-order valence-corrected chi connectivity index (χ0v) is 13.5. The maximum absolute atomic E-state index is 12.0. The summed E-state index contributed by atoms with van der Waals surface area (Å²) in [6, 6.07) is 1.51. The fraction of sp³-hybridized carbons (Fsp3) is 0.429. The van der Waals surface area contributed by atoms with Crippen molar-refractivity contribution in [1.29, 1.82) is 0 Å². The van der Waals surface area contributed by atoms with Gasteiger partial charge in [0.1, 0.15) is 0 Å². The molecule has 0 atom stereocenters. The molecule has 1 amide bonds. The smallest absolute Gasteiger partial charge is 0.275 e. The summed E-state index contributed by atoms with van der Waals surface area (Å²) >= 11 is 1.29. The molecule has 8 heteroatoms. The van der Waals surface area contributed by atoms with Crippen LogP contribution in [0.3, 0.4) is 0 Å². The van der Waals surface area contributed by atoms with Gasteiger partial charge in [-0.15, -0.1) is 11.7 Å². The van der Waals surface area contributed by atoms with Crippen LogP contribution >= 0.6 is 11.3 Å². The zero-order valence-electron chi connectivity index (χ0n) is 12.7. The number of hydrogen-bond donors (Lipinski definition) is 1. The van der Waals surface area contributed by atoms with Crippen LogP contribution in [0.4, 0.5) is 5.13 Å². The fourth-order valence-electron chi connectivity index (χ4n) is 1.91. The number of aryl methyl sites for hydroxylation is 1. The van der Waals surface area contributed by atoms with Crippen molar-refractivity contribution in [3.63, 3.8) is 0 Å². The monoisotopic (exact) mass is 321 g/mol. The molecule has 0 saturated carbocycles. The van der Waals surface area contributed by atoms with Gasteiger partial charge in [0.25, 0.3) is 5.56 Å². The lowest BCUT2D eigenvalue weighted by atomic mass is 10.2. The molecule has 7 nitrogen and oxygen atoms in total. The van der Waals surface area contributed by atoms with Gasteiger partial charge in [-0.3, -0.25) is 9.59 Å². The van der Waals surface area contributed by atoms with Crippen LogP contribution < -0.4 is 15.8 Å². The summed E-state index contributed by atoms with van der Waals surface area (Å²) in [6.45, 7) is 6.17.